The van der Waals surface area contributed by atoms with Gasteiger partial charge >= 0.3 is 6.18 Å². The number of hydrogen-bond donors (Lipinski definition) is 2. The molecule has 9 nitrogen and oxygen atoms in total. The van der Waals surface area contributed by atoms with Crippen molar-refractivity contribution in [2.45, 2.75) is 6.18 Å². The van der Waals surface area contributed by atoms with Crippen LogP contribution >= 0.6 is 0 Å². The second kappa shape index (κ2) is 9.53. The lowest BCUT2D eigenvalue weighted by Gasteiger charge is -2.35. The number of anilines is 1. The lowest BCUT2D eigenvalue weighted by atomic mass is 10.1. The Balaban J connectivity index is 1.71. The van der Waals surface area contributed by atoms with E-state index >= 15 is 0 Å². The molecule has 1 aromatic heterocycles. The number of benzene rings is 1. The van der Waals surface area contributed by atoms with Gasteiger partial charge in [-0.3, -0.25) is 23.8 Å². The van der Waals surface area contributed by atoms with Crippen LogP contribution in [-0.2, 0) is 17.4 Å². The molecule has 2 amide bonds. The average Bonchev–Trinajstić information content (AvgIpc) is 2.77. The van der Waals surface area contributed by atoms with Crippen LogP contribution in [0, 0.1) is 0 Å². The zero-order valence-corrected chi connectivity index (χ0v) is 17.6. The molecule has 1 aromatic carbocycles. The minimum absolute atomic E-state index is 0.0439. The first-order valence-electron chi connectivity index (χ1n) is 9.28. The van der Waals surface area contributed by atoms with Gasteiger partial charge in [0.05, 0.1) is 23.9 Å². The lowest BCUT2D eigenvalue weighted by molar-refractivity contribution is -0.141. The van der Waals surface area contributed by atoms with E-state index in [0.717, 1.165) is 12.3 Å². The number of methoxy groups -OCH3 is 1. The van der Waals surface area contributed by atoms with Crippen molar-refractivity contribution in [3.63, 3.8) is 0 Å². The van der Waals surface area contributed by atoms with Crippen molar-refractivity contribution in [1.82, 2.24) is 14.8 Å². The molecule has 0 bridgehead atoms. The molecule has 1 saturated heterocycles. The molecule has 2 heterocycles. The Kier molecular flexibility index (Phi) is 6.99. The van der Waals surface area contributed by atoms with Gasteiger partial charge in [-0.05, 0) is 24.3 Å². The Morgan fingerprint density at radius 1 is 1.09 bits per heavy atom. The Labute approximate surface area is 183 Å². The molecule has 1 atom stereocenters. The number of piperazine rings is 1. The molecule has 1 aliphatic rings. The molecule has 32 heavy (non-hydrogen) atoms. The van der Waals surface area contributed by atoms with E-state index in [-0.39, 0.29) is 43.2 Å². The molecule has 1 unspecified atom stereocenters. The first-order chi connectivity index (χ1) is 15.1. The summed E-state index contributed by atoms with van der Waals surface area (Å²) in [5, 5.41) is 0. The van der Waals surface area contributed by atoms with Crippen LogP contribution in [0.2, 0.25) is 0 Å². The molecule has 0 aliphatic carbocycles. The van der Waals surface area contributed by atoms with Gasteiger partial charge < -0.3 is 14.5 Å². The first-order valence-corrected chi connectivity index (χ1v) is 10.4. The Hall–Kier alpha value is -3.19. The zero-order chi connectivity index (χ0) is 23.5. The van der Waals surface area contributed by atoms with Crippen LogP contribution in [0.15, 0.2) is 36.5 Å². The van der Waals surface area contributed by atoms with Crippen LogP contribution in [0.5, 0.6) is 5.75 Å². The molecule has 2 N–H and O–H groups in total. The molecular weight excluding hydrogens is 453 g/mol. The van der Waals surface area contributed by atoms with E-state index in [0.29, 0.717) is 0 Å². The molecule has 1 fully saturated rings. The molecule has 1 aliphatic heterocycles. The predicted octanol–water partition coefficient (Wildman–Crippen LogP) is 2.26. The van der Waals surface area contributed by atoms with Crippen molar-refractivity contribution >= 4 is 28.8 Å². The van der Waals surface area contributed by atoms with E-state index in [1.165, 1.54) is 41.2 Å². The number of amides is 2. The highest BCUT2D eigenvalue weighted by atomic mass is 32.2. The van der Waals surface area contributed by atoms with Gasteiger partial charge in [0.1, 0.15) is 5.75 Å². The maximum atomic E-state index is 13.2. The number of pyridine rings is 1. The number of carbonyl (C=O) groups is 2. The van der Waals surface area contributed by atoms with Crippen molar-refractivity contribution in [2.75, 3.05) is 38.0 Å². The molecule has 0 spiro atoms. The summed E-state index contributed by atoms with van der Waals surface area (Å²) in [6.45, 7) is 0.302. The Morgan fingerprint density at radius 2 is 1.69 bits per heavy atom. The summed E-state index contributed by atoms with van der Waals surface area (Å²) in [6, 6.07) is 6.60. The number of aromatic nitrogens is 1. The second-order valence-electron chi connectivity index (χ2n) is 6.75. The van der Waals surface area contributed by atoms with E-state index in [1.54, 1.807) is 0 Å². The van der Waals surface area contributed by atoms with Crippen LogP contribution in [0.25, 0.3) is 0 Å². The van der Waals surface area contributed by atoms with Crippen molar-refractivity contribution in [3.05, 3.63) is 53.3 Å². The number of nitrogens with one attached hydrogen (secondary N) is 1. The minimum atomic E-state index is -4.76. The lowest BCUT2D eigenvalue weighted by Crippen LogP contribution is -2.51. The summed E-state index contributed by atoms with van der Waals surface area (Å²) < 4.78 is 66.8. The molecule has 13 heteroatoms. The molecule has 3 rings (SSSR count). The fraction of sp³-hybridized carbons (Fsp3) is 0.316. The summed E-state index contributed by atoms with van der Waals surface area (Å²) in [5.74, 6) is -1.03. The largest absolute Gasteiger partial charge is 0.496 e. The van der Waals surface area contributed by atoms with Crippen LogP contribution in [0.4, 0.5) is 18.9 Å². The Morgan fingerprint density at radius 3 is 2.22 bits per heavy atom. The molecule has 0 saturated carbocycles. The van der Waals surface area contributed by atoms with Gasteiger partial charge in [0, 0.05) is 38.4 Å². The van der Waals surface area contributed by atoms with Crippen molar-refractivity contribution in [3.8, 4) is 5.75 Å². The normalized spacial score (nSPS) is 15.3. The van der Waals surface area contributed by atoms with Gasteiger partial charge in [-0.15, -0.1) is 0 Å². The third-order valence-corrected chi connectivity index (χ3v) is 5.21. The van der Waals surface area contributed by atoms with Crippen molar-refractivity contribution in [1.29, 1.82) is 0 Å². The smallest absolute Gasteiger partial charge is 0.434 e. The zero-order valence-electron chi connectivity index (χ0n) is 16.8. The summed E-state index contributed by atoms with van der Waals surface area (Å²) in [6.07, 6.45) is -3.78. The fourth-order valence-corrected chi connectivity index (χ4v) is 3.62. The number of hydrogen-bond acceptors (Lipinski definition) is 5. The second-order valence-corrected chi connectivity index (χ2v) is 7.45. The van der Waals surface area contributed by atoms with Gasteiger partial charge in [0.25, 0.3) is 23.1 Å². The minimum Gasteiger partial charge on any atom is -0.496 e. The van der Waals surface area contributed by atoms with Gasteiger partial charge in [0.2, 0.25) is 0 Å². The first kappa shape index (κ1) is 23.5. The van der Waals surface area contributed by atoms with Crippen LogP contribution < -0.4 is 9.46 Å². The van der Waals surface area contributed by atoms with Crippen molar-refractivity contribution in [2.24, 2.45) is 0 Å². The third kappa shape index (κ3) is 5.16. The maximum absolute atomic E-state index is 13.2. The van der Waals surface area contributed by atoms with Gasteiger partial charge in [0.15, 0.2) is 5.69 Å². The average molecular weight is 472 g/mol. The fourth-order valence-electron chi connectivity index (χ4n) is 3.29. The summed E-state index contributed by atoms with van der Waals surface area (Å²) >= 11 is -2.29. The molecule has 2 aromatic rings. The molecule has 172 valence electrons. The maximum Gasteiger partial charge on any atom is 0.434 e. The topological polar surface area (TPSA) is 112 Å². The van der Waals surface area contributed by atoms with E-state index in [1.807, 2.05) is 0 Å². The van der Waals surface area contributed by atoms with E-state index in [4.69, 9.17) is 9.29 Å². The van der Waals surface area contributed by atoms with Crippen LogP contribution in [0.1, 0.15) is 26.4 Å². The highest BCUT2D eigenvalue weighted by molar-refractivity contribution is 7.80. The van der Waals surface area contributed by atoms with Gasteiger partial charge in [-0.2, -0.15) is 13.2 Å². The summed E-state index contributed by atoms with van der Waals surface area (Å²) in [7, 11) is 1.34. The van der Waals surface area contributed by atoms with E-state index < -0.39 is 40.5 Å². The molecular formula is C19H19F3N4O5S. The number of nitrogens with zero attached hydrogens (tertiary/aromatic N) is 3. The molecule has 0 radical (unpaired) electrons. The van der Waals surface area contributed by atoms with Crippen LogP contribution in [-0.4, -0.2) is 68.6 Å². The SMILES string of the molecule is COc1cc(NS(=O)O)ccc1C(=O)N1CCN(C(=O)c2cccnc2C(F)(F)F)CC1. The highest BCUT2D eigenvalue weighted by Crippen LogP contribution is 2.31. The van der Waals surface area contributed by atoms with E-state index in [2.05, 4.69) is 9.71 Å². The van der Waals surface area contributed by atoms with Gasteiger partial charge in [-0.25, -0.2) is 4.21 Å². The van der Waals surface area contributed by atoms with Crippen LogP contribution in [0.3, 0.4) is 0 Å². The van der Waals surface area contributed by atoms with Crippen molar-refractivity contribution < 1.29 is 36.3 Å². The quantitative estimate of drug-likeness (QED) is 0.646. The number of halogens is 3. The van der Waals surface area contributed by atoms with Gasteiger partial charge in [-0.1, -0.05) is 0 Å². The summed E-state index contributed by atoms with van der Waals surface area (Å²) in [5.41, 5.74) is -1.31. The number of alkyl halides is 3. The number of ether oxygens (including phenoxy) is 1. The third-order valence-electron chi connectivity index (χ3n) is 4.80. The number of rotatable bonds is 5. The highest BCUT2D eigenvalue weighted by Gasteiger charge is 2.38. The number of carbonyl (C=O) groups excluding carboxylic acids is 2. The summed E-state index contributed by atoms with van der Waals surface area (Å²) in [4.78, 5) is 31.5. The predicted molar refractivity (Wildman–Crippen MR) is 108 cm³/mol. The Bertz CT molecular complexity index is 1040. The standard InChI is InChI=1S/C19H19F3N4O5S/c1-31-15-11-12(24-32(29)30)4-5-13(15)17(27)25-7-9-26(10-8-25)18(28)14-3-2-6-23-16(14)19(20,21)22/h2-6,11,24H,7-10H2,1H3,(H,29,30). The monoisotopic (exact) mass is 472 g/mol. The van der Waals surface area contributed by atoms with E-state index in [9.17, 15) is 27.0 Å².